The Bertz CT molecular complexity index is 902. The Kier molecular flexibility index (Phi) is 5.30. The van der Waals surface area contributed by atoms with E-state index in [2.05, 4.69) is 5.10 Å². The lowest BCUT2D eigenvalue weighted by atomic mass is 10.1. The van der Waals surface area contributed by atoms with Gasteiger partial charge in [0, 0.05) is 19.8 Å². The van der Waals surface area contributed by atoms with Crippen LogP contribution in [0.15, 0.2) is 67.0 Å². The lowest BCUT2D eigenvalue weighted by molar-refractivity contribution is -0.137. The van der Waals surface area contributed by atoms with Gasteiger partial charge >= 0.3 is 6.18 Å². The molecular formula is C20H18F3N3O. The van der Waals surface area contributed by atoms with E-state index < -0.39 is 11.7 Å². The van der Waals surface area contributed by atoms with E-state index in [4.69, 9.17) is 0 Å². The minimum Gasteiger partial charge on any atom is -0.341 e. The van der Waals surface area contributed by atoms with E-state index in [0.717, 1.165) is 23.4 Å². The van der Waals surface area contributed by atoms with Crippen LogP contribution in [0.3, 0.4) is 0 Å². The van der Waals surface area contributed by atoms with Crippen molar-refractivity contribution in [1.82, 2.24) is 14.7 Å². The first-order chi connectivity index (χ1) is 12.8. The minimum absolute atomic E-state index is 0.137. The van der Waals surface area contributed by atoms with Gasteiger partial charge in [-0.05, 0) is 35.4 Å². The SMILES string of the molecule is CN(Cc1ccc(C(F)(F)F)cc1)C(=O)Cc1cnn(-c2ccccc2)c1. The molecule has 140 valence electrons. The number of nitrogens with zero attached hydrogens (tertiary/aromatic N) is 3. The number of benzene rings is 2. The van der Waals surface area contributed by atoms with Gasteiger partial charge in [-0.2, -0.15) is 18.3 Å². The molecule has 0 spiro atoms. The second-order valence-corrected chi connectivity index (χ2v) is 6.25. The number of likely N-dealkylation sites (N-methyl/N-ethyl adjacent to an activating group) is 1. The third kappa shape index (κ3) is 4.75. The third-order valence-corrected chi connectivity index (χ3v) is 4.14. The fourth-order valence-electron chi connectivity index (χ4n) is 2.64. The van der Waals surface area contributed by atoms with Crippen LogP contribution in [0.2, 0.25) is 0 Å². The van der Waals surface area contributed by atoms with Crippen LogP contribution in [0.5, 0.6) is 0 Å². The molecule has 27 heavy (non-hydrogen) atoms. The number of carbonyl (C=O) groups excluding carboxylic acids is 1. The first-order valence-electron chi connectivity index (χ1n) is 8.32. The molecule has 0 aliphatic rings. The van der Waals surface area contributed by atoms with Gasteiger partial charge in [-0.15, -0.1) is 0 Å². The first-order valence-corrected chi connectivity index (χ1v) is 8.32. The summed E-state index contributed by atoms with van der Waals surface area (Å²) in [6.07, 6.45) is -0.765. The molecule has 3 rings (SSSR count). The molecule has 7 heteroatoms. The molecule has 0 bridgehead atoms. The van der Waals surface area contributed by atoms with Crippen LogP contribution < -0.4 is 0 Å². The highest BCUT2D eigenvalue weighted by Gasteiger charge is 2.30. The second-order valence-electron chi connectivity index (χ2n) is 6.25. The smallest absolute Gasteiger partial charge is 0.341 e. The maximum atomic E-state index is 12.6. The Labute approximate surface area is 154 Å². The zero-order valence-corrected chi connectivity index (χ0v) is 14.6. The molecule has 2 aromatic carbocycles. The number of carbonyl (C=O) groups is 1. The monoisotopic (exact) mass is 373 g/mol. The molecule has 3 aromatic rings. The van der Waals surface area contributed by atoms with Crippen LogP contribution in [0, 0.1) is 0 Å². The van der Waals surface area contributed by atoms with Crippen molar-refractivity contribution in [2.45, 2.75) is 19.1 Å². The molecule has 1 heterocycles. The molecule has 0 atom stereocenters. The quantitative estimate of drug-likeness (QED) is 0.676. The van der Waals surface area contributed by atoms with Crippen molar-refractivity contribution in [2.75, 3.05) is 7.05 Å². The highest BCUT2D eigenvalue weighted by atomic mass is 19.4. The molecule has 0 unspecified atom stereocenters. The lowest BCUT2D eigenvalue weighted by Gasteiger charge is -2.17. The molecular weight excluding hydrogens is 355 g/mol. The minimum atomic E-state index is -4.36. The Morgan fingerprint density at radius 1 is 1.04 bits per heavy atom. The van der Waals surface area contributed by atoms with E-state index in [1.165, 1.54) is 17.0 Å². The van der Waals surface area contributed by atoms with Crippen LogP contribution in [0.1, 0.15) is 16.7 Å². The van der Waals surface area contributed by atoms with Gasteiger partial charge in [0.15, 0.2) is 0 Å². The van der Waals surface area contributed by atoms with Crippen LogP contribution in [0.4, 0.5) is 13.2 Å². The first kappa shape index (κ1) is 18.7. The number of hydrogen-bond donors (Lipinski definition) is 0. The highest BCUT2D eigenvalue weighted by Crippen LogP contribution is 2.29. The molecule has 0 N–H and O–H groups in total. The van der Waals surface area contributed by atoms with E-state index in [9.17, 15) is 18.0 Å². The van der Waals surface area contributed by atoms with Gasteiger partial charge in [-0.3, -0.25) is 4.79 Å². The number of aromatic nitrogens is 2. The van der Waals surface area contributed by atoms with Crippen LogP contribution >= 0.6 is 0 Å². The van der Waals surface area contributed by atoms with Crippen molar-refractivity contribution in [3.8, 4) is 5.69 Å². The summed E-state index contributed by atoms with van der Waals surface area (Å²) in [4.78, 5) is 13.9. The van der Waals surface area contributed by atoms with Crippen molar-refractivity contribution in [2.24, 2.45) is 0 Å². The number of rotatable bonds is 5. The molecule has 0 fully saturated rings. The van der Waals surface area contributed by atoms with E-state index in [-0.39, 0.29) is 18.9 Å². The van der Waals surface area contributed by atoms with Crippen molar-refractivity contribution in [3.63, 3.8) is 0 Å². The summed E-state index contributed by atoms with van der Waals surface area (Å²) >= 11 is 0. The summed E-state index contributed by atoms with van der Waals surface area (Å²) in [5, 5.41) is 4.25. The van der Waals surface area contributed by atoms with Gasteiger partial charge in [-0.1, -0.05) is 30.3 Å². The summed E-state index contributed by atoms with van der Waals surface area (Å²) in [5.41, 5.74) is 1.60. The summed E-state index contributed by atoms with van der Waals surface area (Å²) in [7, 11) is 1.63. The van der Waals surface area contributed by atoms with Crippen molar-refractivity contribution >= 4 is 5.91 Å². The normalized spacial score (nSPS) is 11.4. The Morgan fingerprint density at radius 2 is 1.70 bits per heavy atom. The maximum absolute atomic E-state index is 12.6. The predicted octanol–water partition coefficient (Wildman–Crippen LogP) is 4.09. The lowest BCUT2D eigenvalue weighted by Crippen LogP contribution is -2.27. The molecule has 0 saturated heterocycles. The van der Waals surface area contributed by atoms with E-state index in [1.807, 2.05) is 30.3 Å². The molecule has 0 saturated carbocycles. The fraction of sp³-hybridized carbons (Fsp3) is 0.200. The summed E-state index contributed by atoms with van der Waals surface area (Å²) in [6, 6.07) is 14.4. The predicted molar refractivity (Wildman–Crippen MR) is 95.2 cm³/mol. The van der Waals surface area contributed by atoms with Gasteiger partial charge in [0.2, 0.25) is 5.91 Å². The standard InChI is InChI=1S/C20H18F3N3O/c1-25(13-15-7-9-17(10-8-15)20(21,22)23)19(27)11-16-12-24-26(14-16)18-5-3-2-4-6-18/h2-10,12,14H,11,13H2,1H3. The average Bonchev–Trinajstić information content (AvgIpc) is 3.10. The van der Waals surface area contributed by atoms with Gasteiger partial charge in [0.25, 0.3) is 0 Å². The van der Waals surface area contributed by atoms with Crippen LogP contribution in [-0.4, -0.2) is 27.6 Å². The van der Waals surface area contributed by atoms with E-state index >= 15 is 0 Å². The molecule has 4 nitrogen and oxygen atoms in total. The molecule has 1 aromatic heterocycles. The van der Waals surface area contributed by atoms with Crippen molar-refractivity contribution < 1.29 is 18.0 Å². The molecule has 0 radical (unpaired) electrons. The number of hydrogen-bond acceptors (Lipinski definition) is 2. The largest absolute Gasteiger partial charge is 0.416 e. The number of alkyl halides is 3. The number of para-hydroxylation sites is 1. The van der Waals surface area contributed by atoms with E-state index in [0.29, 0.717) is 5.56 Å². The van der Waals surface area contributed by atoms with Crippen molar-refractivity contribution in [1.29, 1.82) is 0 Å². The van der Waals surface area contributed by atoms with Gasteiger partial charge < -0.3 is 4.90 Å². The number of amides is 1. The topological polar surface area (TPSA) is 38.1 Å². The van der Waals surface area contributed by atoms with Gasteiger partial charge in [0.1, 0.15) is 0 Å². The third-order valence-electron chi connectivity index (χ3n) is 4.14. The van der Waals surface area contributed by atoms with Crippen molar-refractivity contribution in [3.05, 3.63) is 83.7 Å². The average molecular weight is 373 g/mol. The van der Waals surface area contributed by atoms with E-state index in [1.54, 1.807) is 24.1 Å². The Morgan fingerprint density at radius 3 is 2.33 bits per heavy atom. The second kappa shape index (κ2) is 7.65. The van der Waals surface area contributed by atoms with Crippen LogP contribution in [0.25, 0.3) is 5.69 Å². The highest BCUT2D eigenvalue weighted by molar-refractivity contribution is 5.78. The number of halogens is 3. The molecule has 1 amide bonds. The van der Waals surface area contributed by atoms with Gasteiger partial charge in [-0.25, -0.2) is 4.68 Å². The van der Waals surface area contributed by atoms with Gasteiger partial charge in [0.05, 0.1) is 23.9 Å². The fourth-order valence-corrected chi connectivity index (χ4v) is 2.64. The summed E-state index contributed by atoms with van der Waals surface area (Å²) in [5.74, 6) is -0.137. The van der Waals surface area contributed by atoms with Crippen LogP contribution in [-0.2, 0) is 23.9 Å². The summed E-state index contributed by atoms with van der Waals surface area (Å²) in [6.45, 7) is 0.240. The zero-order chi connectivity index (χ0) is 19.4. The maximum Gasteiger partial charge on any atom is 0.416 e. The molecule has 0 aliphatic heterocycles. The Balaban J connectivity index is 1.60. The summed E-state index contributed by atoms with van der Waals surface area (Å²) < 4.78 is 39.5. The zero-order valence-electron chi connectivity index (χ0n) is 14.6. The molecule has 0 aliphatic carbocycles. The Hall–Kier alpha value is -3.09.